The van der Waals surface area contributed by atoms with Crippen molar-refractivity contribution in [3.05, 3.63) is 282 Å². The minimum atomic E-state index is -1.31. The van der Waals surface area contributed by atoms with E-state index in [0.29, 0.717) is 60.2 Å². The van der Waals surface area contributed by atoms with Gasteiger partial charge >= 0.3 is 0 Å². The Labute approximate surface area is 665 Å². The number of nitrogens with two attached hydrogens (primary N) is 2. The second-order valence-corrected chi connectivity index (χ2v) is 38.7. The van der Waals surface area contributed by atoms with Crippen molar-refractivity contribution in [3.63, 3.8) is 0 Å². The molecular formula is C82H88Br3ClN12O8Si2. The number of rotatable bonds is 7. The third kappa shape index (κ3) is 22.1. The lowest BCUT2D eigenvalue weighted by molar-refractivity contribution is -0.191. The van der Waals surface area contributed by atoms with Gasteiger partial charge in [0.05, 0.1) is 46.5 Å². The quantitative estimate of drug-likeness (QED) is 0.0500. The molecule has 6 heterocycles. The number of carbonyl (C=O) groups excluding carboxylic acids is 1. The number of hydrogen-bond acceptors (Lipinski definition) is 20. The Morgan fingerprint density at radius 1 is 0.519 bits per heavy atom. The molecule has 6 aliphatic rings. The topological polar surface area (TPSA) is 273 Å². The average molecular weight is 1700 g/mol. The predicted octanol–water partition coefficient (Wildman–Crippen LogP) is 19.7. The molecule has 0 aliphatic carbocycles. The molecule has 0 aromatic heterocycles. The first kappa shape index (κ1) is 84.1. The van der Waals surface area contributed by atoms with Crippen LogP contribution in [-0.2, 0) is 21.1 Å². The van der Waals surface area contributed by atoms with Crippen molar-refractivity contribution in [1.29, 1.82) is 10.5 Å². The van der Waals surface area contributed by atoms with Gasteiger partial charge in [-0.05, 0) is 152 Å². The summed E-state index contributed by atoms with van der Waals surface area (Å²) in [5.41, 5.74) is 22.8. The molecule has 0 radical (unpaired) electrons. The zero-order valence-electron chi connectivity index (χ0n) is 61.9. The average Bonchev–Trinajstić information content (AvgIpc) is 1.52. The molecule has 0 saturated heterocycles. The van der Waals surface area contributed by atoms with Crippen LogP contribution in [0.1, 0.15) is 119 Å². The zero-order valence-corrected chi connectivity index (χ0v) is 69.5. The molecule has 0 amide bonds. The zero-order chi connectivity index (χ0) is 77.1. The highest BCUT2D eigenvalue weighted by atomic mass is 79.9. The molecule has 6 atom stereocenters. The summed E-state index contributed by atoms with van der Waals surface area (Å²) in [5, 5.41) is 28.4. The maximum atomic E-state index is 12.1. The summed E-state index contributed by atoms with van der Waals surface area (Å²) in [6.07, 6.45) is 3.31. The van der Waals surface area contributed by atoms with Crippen LogP contribution < -0.4 is 35.9 Å². The molecule has 2 spiro atoms. The van der Waals surface area contributed by atoms with Crippen LogP contribution in [0.15, 0.2) is 256 Å². The monoisotopic (exact) mass is 1700 g/mol. The molecule has 0 fully saturated rings. The standard InChI is InChI=1S/C24H20N4O2.C17H16BrN3O2.C16H11BrN2O.C15H11BrO2.C7H18N2Si2.C2H6.CH5NO.ClH/c1-28-23(26)27-24(30-28)14-22(17-7-3-2-4-8-17)29-21-11-10-19(13-20(21)24)18-9-5-6-16(12-18)15-25;1-21-16(19)20-17(23-21)10-15(11-5-3-2-4-6-11)22-14-8-7-12(18)9-13(14)17;17-12-6-7-15-13(8-12)14(19-10-18)9-16(20-15)11-4-2-1-3-5-11;16-11-6-7-14-12(8-11)13(17)9-15(18-14)10-4-2-1-3-5-10;1-10(2,3)8-7-9-11(4,5)6;1-2;1-2-3;/h2-13,22H,14H2,1H3,(H2,26,27);2-9,15H,10H2,1H3,(H2,19,20);1-8,16H,9H2;1-8,15H,9H2;1-6H3;1-2H3;2-3H,1H3;1H. The van der Waals surface area contributed by atoms with Crippen molar-refractivity contribution in [1.82, 2.24) is 15.6 Å². The SMILES string of the molecule is CC.CN1OC2(CC(c3ccccc3)Oc3ccc(-c4cccc(C#N)c4)cc32)N=C1N.CN1OC2(CC(c3ccccc3)Oc3ccc(Br)cc32)N=C1N.CNO.C[Si](C)(C)N=C=N[Si](C)(C)C.Cl.N#CN=C1CC(c2ccccc2)Oc2ccc(Br)cc21.O=C1CC(c2ccccc2)Oc2ccc(Br)cc21. The van der Waals surface area contributed by atoms with Crippen LogP contribution in [0.25, 0.3) is 11.1 Å². The number of ketones is 1. The summed E-state index contributed by atoms with van der Waals surface area (Å²) in [4.78, 5) is 37.6. The van der Waals surface area contributed by atoms with Gasteiger partial charge in [0.1, 0.15) is 47.4 Å². The van der Waals surface area contributed by atoms with Crippen LogP contribution in [0.5, 0.6) is 23.0 Å². The van der Waals surface area contributed by atoms with Gasteiger partial charge in [-0.1, -0.05) is 201 Å². The summed E-state index contributed by atoms with van der Waals surface area (Å²) in [5.74, 6) is 3.73. The number of ether oxygens (including phenoxy) is 4. The fourth-order valence-electron chi connectivity index (χ4n) is 11.9. The molecule has 560 valence electrons. The summed E-state index contributed by atoms with van der Waals surface area (Å²) in [7, 11) is 2.31. The van der Waals surface area contributed by atoms with Crippen LogP contribution in [0.2, 0.25) is 39.3 Å². The Hall–Kier alpha value is -9.58. The van der Waals surface area contributed by atoms with Gasteiger partial charge in [0.2, 0.25) is 29.6 Å². The van der Waals surface area contributed by atoms with Gasteiger partial charge < -0.3 is 35.6 Å². The smallest absolute Gasteiger partial charge is 0.222 e. The molecule has 6 aliphatic heterocycles. The number of hydrogen-bond donors (Lipinski definition) is 4. The van der Waals surface area contributed by atoms with E-state index < -0.39 is 27.9 Å². The van der Waals surface area contributed by atoms with E-state index in [1.54, 1.807) is 25.6 Å². The molecule has 6 N–H and O–H groups in total. The molecule has 0 saturated carbocycles. The molecule has 108 heavy (non-hydrogen) atoms. The number of guanidine groups is 2. The number of benzene rings is 9. The number of Topliss-reactive ketones (excluding diaryl/α,β-unsaturated/α-hetero) is 1. The van der Waals surface area contributed by atoms with Crippen molar-refractivity contribution in [2.24, 2.45) is 35.8 Å². The van der Waals surface area contributed by atoms with Gasteiger partial charge in [0, 0.05) is 59.4 Å². The van der Waals surface area contributed by atoms with Crippen molar-refractivity contribution in [2.45, 2.75) is 115 Å². The number of fused-ring (bicyclic) bond motifs is 6. The lowest BCUT2D eigenvalue weighted by Crippen LogP contribution is -2.36. The molecule has 9 aromatic rings. The van der Waals surface area contributed by atoms with E-state index in [0.717, 1.165) is 80.7 Å². The first-order valence-electron chi connectivity index (χ1n) is 34.7. The van der Waals surface area contributed by atoms with E-state index in [2.05, 4.69) is 118 Å². The molecule has 9 aromatic carbocycles. The van der Waals surface area contributed by atoms with Gasteiger partial charge in [-0.25, -0.2) is 35.3 Å². The first-order valence-corrected chi connectivity index (χ1v) is 44.0. The molecule has 15 rings (SSSR count). The van der Waals surface area contributed by atoms with Gasteiger partial charge in [-0.15, -0.1) is 12.4 Å². The molecule has 20 nitrogen and oxygen atoms in total. The second kappa shape index (κ2) is 38.5. The number of nitrogens with zero attached hydrogens (tertiary/aromatic N) is 9. The number of aliphatic imine (C=N–C) groups is 3. The number of nitrogens with one attached hydrogen (secondary N) is 1. The largest absolute Gasteiger partial charge is 0.485 e. The summed E-state index contributed by atoms with van der Waals surface area (Å²) >= 11 is 10.3. The molecule has 0 bridgehead atoms. The van der Waals surface area contributed by atoms with E-state index in [1.165, 1.54) is 17.2 Å². The second-order valence-electron chi connectivity index (χ2n) is 26.9. The highest BCUT2D eigenvalue weighted by Crippen LogP contribution is 2.52. The number of carbonyl (C=O) groups is 1. The van der Waals surface area contributed by atoms with Crippen LogP contribution >= 0.6 is 60.2 Å². The lowest BCUT2D eigenvalue weighted by atomic mass is 9.88. The third-order valence-corrected chi connectivity index (χ3v) is 19.8. The van der Waals surface area contributed by atoms with E-state index in [-0.39, 0.29) is 42.6 Å². The fraction of sp³-hybridized carbons (Fsp3) is 0.256. The number of halogens is 4. The van der Waals surface area contributed by atoms with Gasteiger partial charge in [-0.3, -0.25) is 14.1 Å². The van der Waals surface area contributed by atoms with Crippen molar-refractivity contribution in [3.8, 4) is 46.4 Å². The van der Waals surface area contributed by atoms with Crippen LogP contribution in [0.4, 0.5) is 0 Å². The summed E-state index contributed by atoms with van der Waals surface area (Å²) in [6.45, 7) is 17.1. The minimum absolute atomic E-state index is 0. The summed E-state index contributed by atoms with van der Waals surface area (Å²) < 4.78 is 35.9. The first-order chi connectivity index (χ1) is 51.3. The van der Waals surface area contributed by atoms with Crippen LogP contribution in [0.3, 0.4) is 0 Å². The number of nitriles is 2. The van der Waals surface area contributed by atoms with Crippen molar-refractivity contribution < 1.29 is 38.6 Å². The predicted molar refractivity (Wildman–Crippen MR) is 444 cm³/mol. The maximum absolute atomic E-state index is 12.1. The van der Waals surface area contributed by atoms with Crippen LogP contribution in [-0.4, -0.2) is 82.4 Å². The maximum Gasteiger partial charge on any atom is 0.222 e. The Morgan fingerprint density at radius 2 is 0.898 bits per heavy atom. The van der Waals surface area contributed by atoms with Gasteiger partial charge in [-0.2, -0.15) is 15.5 Å². The van der Waals surface area contributed by atoms with E-state index in [4.69, 9.17) is 55.6 Å². The Morgan fingerprint density at radius 3 is 1.32 bits per heavy atom. The molecule has 6 unspecified atom stereocenters. The fourth-order valence-corrected chi connectivity index (χ4v) is 13.8. The van der Waals surface area contributed by atoms with Gasteiger partial charge in [0.25, 0.3) is 0 Å². The van der Waals surface area contributed by atoms with E-state index in [1.807, 2.05) is 232 Å². The Balaban J connectivity index is 0.000000172. The highest BCUT2D eigenvalue weighted by molar-refractivity contribution is 9.11. The van der Waals surface area contributed by atoms with Crippen LogP contribution in [0, 0.1) is 22.8 Å². The Bertz CT molecular complexity index is 4790. The Kier molecular flexibility index (Phi) is 29.9. The lowest BCUT2D eigenvalue weighted by Gasteiger charge is -2.37. The highest BCUT2D eigenvalue weighted by Gasteiger charge is 2.50. The number of hydroxylamine groups is 5. The minimum Gasteiger partial charge on any atom is -0.485 e. The van der Waals surface area contributed by atoms with Gasteiger partial charge in [0.15, 0.2) is 22.3 Å². The molecular weight excluding hydrogens is 1610 g/mol. The third-order valence-electron chi connectivity index (χ3n) is 16.8. The van der Waals surface area contributed by atoms with Crippen molar-refractivity contribution >= 4 is 106 Å². The van der Waals surface area contributed by atoms with Crippen molar-refractivity contribution in [2.75, 3.05) is 21.1 Å². The normalized spacial score (nSPS) is 19.7. The van der Waals surface area contributed by atoms with E-state index in [9.17, 15) is 10.1 Å². The molecule has 26 heteroatoms. The summed E-state index contributed by atoms with van der Waals surface area (Å²) in [6, 6.07) is 75.6. The van der Waals surface area contributed by atoms with E-state index >= 15 is 0 Å².